The summed E-state index contributed by atoms with van der Waals surface area (Å²) in [6.45, 7) is 0.130. The molecule has 3 aromatic heterocycles. The monoisotopic (exact) mass is 419 g/mol. The molecule has 0 fully saturated rings. The third-order valence-electron chi connectivity index (χ3n) is 4.33. The van der Waals surface area contributed by atoms with E-state index in [0.717, 1.165) is 0 Å². The average molecular weight is 419 g/mol. The van der Waals surface area contributed by atoms with Crippen LogP contribution in [0.25, 0.3) is 22.6 Å². The first kappa shape index (κ1) is 19.5. The van der Waals surface area contributed by atoms with Crippen molar-refractivity contribution in [3.05, 3.63) is 54.0 Å². The van der Waals surface area contributed by atoms with Gasteiger partial charge >= 0.3 is 6.09 Å². The maximum Gasteiger partial charge on any atom is 0.427 e. The first-order chi connectivity index (χ1) is 15.0. The molecule has 0 radical (unpaired) electrons. The van der Waals surface area contributed by atoms with Crippen molar-refractivity contribution in [2.24, 2.45) is 0 Å². The number of aromatic nitrogens is 5. The SMILES string of the molecule is N#COC(=O)Nc1c(N)nc(-c2nn(Cc3ccccc3F)c3ncccc23)nc1N. The summed E-state index contributed by atoms with van der Waals surface area (Å²) in [5.74, 6) is -0.594. The minimum atomic E-state index is -1.08. The number of nitrogens with one attached hydrogen (secondary N) is 1. The lowest BCUT2D eigenvalue weighted by Gasteiger charge is -2.09. The van der Waals surface area contributed by atoms with E-state index in [1.54, 1.807) is 36.5 Å². The maximum absolute atomic E-state index is 14.1. The molecule has 4 rings (SSSR count). The third kappa shape index (κ3) is 3.75. The van der Waals surface area contributed by atoms with Crippen molar-refractivity contribution in [2.75, 3.05) is 16.8 Å². The molecule has 1 amide bonds. The van der Waals surface area contributed by atoms with Crippen molar-refractivity contribution in [3.8, 4) is 17.8 Å². The Morgan fingerprint density at radius 3 is 2.65 bits per heavy atom. The lowest BCUT2D eigenvalue weighted by Crippen LogP contribution is -2.16. The van der Waals surface area contributed by atoms with Gasteiger partial charge < -0.3 is 16.2 Å². The van der Waals surface area contributed by atoms with Crippen LogP contribution >= 0.6 is 0 Å². The number of nitrogens with zero attached hydrogens (tertiary/aromatic N) is 6. The van der Waals surface area contributed by atoms with Gasteiger partial charge in [-0.15, -0.1) is 5.26 Å². The van der Waals surface area contributed by atoms with Crippen LogP contribution in [0.4, 0.5) is 26.5 Å². The smallest absolute Gasteiger partial charge is 0.382 e. The summed E-state index contributed by atoms with van der Waals surface area (Å²) >= 11 is 0. The highest BCUT2D eigenvalue weighted by atomic mass is 19.1. The van der Waals surface area contributed by atoms with Crippen molar-refractivity contribution < 1.29 is 13.9 Å². The Hall–Kier alpha value is -4.79. The number of pyridine rings is 1. The fraction of sp³-hybridized carbons (Fsp3) is 0.0526. The first-order valence-electron chi connectivity index (χ1n) is 8.83. The topological polar surface area (TPSA) is 171 Å². The summed E-state index contributed by atoms with van der Waals surface area (Å²) in [5, 5.41) is 15.7. The zero-order chi connectivity index (χ0) is 22.0. The predicted octanol–water partition coefficient (Wildman–Crippen LogP) is 2.27. The van der Waals surface area contributed by atoms with Crippen molar-refractivity contribution in [3.63, 3.8) is 0 Å². The van der Waals surface area contributed by atoms with Gasteiger partial charge in [-0.25, -0.2) is 28.8 Å². The second-order valence-corrected chi connectivity index (χ2v) is 6.27. The van der Waals surface area contributed by atoms with E-state index in [0.29, 0.717) is 22.3 Å². The number of anilines is 3. The quantitative estimate of drug-likeness (QED) is 0.420. The van der Waals surface area contributed by atoms with Crippen molar-refractivity contribution >= 4 is 34.4 Å². The van der Waals surface area contributed by atoms with Gasteiger partial charge in [0.25, 0.3) is 6.26 Å². The molecule has 0 atom stereocenters. The van der Waals surface area contributed by atoms with Crippen molar-refractivity contribution in [2.45, 2.75) is 6.54 Å². The summed E-state index contributed by atoms with van der Waals surface area (Å²) in [6.07, 6.45) is 1.73. The predicted molar refractivity (Wildman–Crippen MR) is 109 cm³/mol. The fourth-order valence-electron chi connectivity index (χ4n) is 2.97. The van der Waals surface area contributed by atoms with E-state index in [9.17, 15) is 9.18 Å². The van der Waals surface area contributed by atoms with Gasteiger partial charge in [-0.3, -0.25) is 5.32 Å². The molecule has 0 aliphatic rings. The van der Waals surface area contributed by atoms with Crippen molar-refractivity contribution in [1.29, 1.82) is 5.26 Å². The van der Waals surface area contributed by atoms with Crippen LogP contribution in [-0.2, 0) is 11.3 Å². The van der Waals surface area contributed by atoms with Gasteiger partial charge in [-0.05, 0) is 18.2 Å². The standard InChI is InChI=1S/C19H14FN9O2/c20-12-6-2-1-4-10(12)8-29-18-11(5-3-7-24-18)13(28-29)17-26-15(22)14(16(23)27-17)25-19(30)31-9-21/h1-7H,8H2,(H,25,30)(H4,22,23,26,27). The number of nitriles is 1. The molecule has 5 N–H and O–H groups in total. The molecular formula is C19H14FN9O2. The number of rotatable bonds is 4. The van der Waals surface area contributed by atoms with E-state index in [-0.39, 0.29) is 35.5 Å². The van der Waals surface area contributed by atoms with Crippen LogP contribution in [0.3, 0.4) is 0 Å². The van der Waals surface area contributed by atoms with Crippen molar-refractivity contribution in [1.82, 2.24) is 24.7 Å². The van der Waals surface area contributed by atoms with Gasteiger partial charge in [0.15, 0.2) is 23.1 Å². The number of carbonyl (C=O) groups excluding carboxylic acids is 1. The molecule has 0 bridgehead atoms. The summed E-state index contributed by atoms with van der Waals surface area (Å²) in [5.41, 5.74) is 13.0. The van der Waals surface area contributed by atoms with Gasteiger partial charge in [0.2, 0.25) is 0 Å². The molecule has 0 saturated heterocycles. The normalized spacial score (nSPS) is 10.6. The number of hydrogen-bond donors (Lipinski definition) is 3. The van der Waals surface area contributed by atoms with E-state index in [4.69, 9.17) is 16.7 Å². The van der Waals surface area contributed by atoms with E-state index >= 15 is 0 Å². The zero-order valence-electron chi connectivity index (χ0n) is 15.8. The van der Waals surface area contributed by atoms with Gasteiger partial charge in [0, 0.05) is 11.8 Å². The maximum atomic E-state index is 14.1. The van der Waals surface area contributed by atoms with Crippen LogP contribution in [0.2, 0.25) is 0 Å². The minimum Gasteiger partial charge on any atom is -0.382 e. The van der Waals surface area contributed by atoms with Crippen LogP contribution < -0.4 is 16.8 Å². The van der Waals surface area contributed by atoms with Gasteiger partial charge in [-0.1, -0.05) is 18.2 Å². The number of ether oxygens (including phenoxy) is 1. The van der Waals surface area contributed by atoms with E-state index < -0.39 is 6.09 Å². The van der Waals surface area contributed by atoms with Crippen LogP contribution in [0.15, 0.2) is 42.6 Å². The van der Waals surface area contributed by atoms with Gasteiger partial charge in [-0.2, -0.15) is 5.10 Å². The number of carbonyl (C=O) groups is 1. The second kappa shape index (κ2) is 7.91. The highest BCUT2D eigenvalue weighted by Crippen LogP contribution is 2.30. The van der Waals surface area contributed by atoms with Crippen LogP contribution in [0.1, 0.15) is 5.56 Å². The Kier molecular flexibility index (Phi) is 4.98. The Morgan fingerprint density at radius 2 is 1.94 bits per heavy atom. The number of nitrogen functional groups attached to an aromatic ring is 2. The third-order valence-corrected chi connectivity index (χ3v) is 4.33. The Morgan fingerprint density at radius 1 is 1.19 bits per heavy atom. The molecule has 0 aliphatic heterocycles. The van der Waals surface area contributed by atoms with E-state index in [1.165, 1.54) is 17.0 Å². The number of benzene rings is 1. The van der Waals surface area contributed by atoms with Crippen LogP contribution in [0, 0.1) is 17.3 Å². The lowest BCUT2D eigenvalue weighted by atomic mass is 10.2. The number of fused-ring (bicyclic) bond motifs is 1. The molecule has 0 aliphatic carbocycles. The molecule has 11 nitrogen and oxygen atoms in total. The molecule has 1 aromatic carbocycles. The van der Waals surface area contributed by atoms with Crippen LogP contribution in [-0.4, -0.2) is 30.8 Å². The highest BCUT2D eigenvalue weighted by Gasteiger charge is 2.20. The molecule has 0 unspecified atom stereocenters. The average Bonchev–Trinajstić information content (AvgIpc) is 3.11. The van der Waals surface area contributed by atoms with E-state index in [2.05, 4.69) is 30.1 Å². The van der Waals surface area contributed by atoms with Gasteiger partial charge in [0.05, 0.1) is 11.9 Å². The zero-order valence-corrected chi connectivity index (χ0v) is 15.8. The number of hydrogen-bond acceptors (Lipinski definition) is 9. The fourth-order valence-corrected chi connectivity index (χ4v) is 2.97. The molecule has 0 saturated carbocycles. The second-order valence-electron chi connectivity index (χ2n) is 6.27. The largest absolute Gasteiger partial charge is 0.427 e. The summed E-state index contributed by atoms with van der Waals surface area (Å²) in [4.78, 5) is 24.1. The molecular weight excluding hydrogens is 405 g/mol. The minimum absolute atomic E-state index is 0.0829. The molecule has 12 heteroatoms. The number of nitrogens with two attached hydrogens (primary N) is 2. The number of halogens is 1. The first-order valence-corrected chi connectivity index (χ1v) is 8.83. The Bertz CT molecular complexity index is 1320. The Labute approximate surface area is 174 Å². The molecule has 3 heterocycles. The van der Waals surface area contributed by atoms with Gasteiger partial charge in [0.1, 0.15) is 17.2 Å². The van der Waals surface area contributed by atoms with Crippen LogP contribution in [0.5, 0.6) is 0 Å². The molecule has 4 aromatic rings. The lowest BCUT2D eigenvalue weighted by molar-refractivity contribution is 0.205. The summed E-state index contributed by atoms with van der Waals surface area (Å²) in [7, 11) is 0. The molecule has 154 valence electrons. The highest BCUT2D eigenvalue weighted by molar-refractivity contribution is 5.94. The summed E-state index contributed by atoms with van der Waals surface area (Å²) in [6, 6.07) is 9.81. The van der Waals surface area contributed by atoms with E-state index in [1.807, 2.05) is 0 Å². The molecule has 31 heavy (non-hydrogen) atoms. The number of amides is 1. The summed E-state index contributed by atoms with van der Waals surface area (Å²) < 4.78 is 19.8. The molecule has 0 spiro atoms. The Balaban J connectivity index is 1.78.